The zero-order chi connectivity index (χ0) is 16.8. The topological polar surface area (TPSA) is 46.1 Å². The van der Waals surface area contributed by atoms with Crippen LogP contribution in [0.5, 0.6) is 0 Å². The Bertz CT molecular complexity index is 657. The molecule has 1 heterocycles. The van der Waals surface area contributed by atoms with Crippen molar-refractivity contribution in [1.82, 2.24) is 4.57 Å². The van der Waals surface area contributed by atoms with E-state index >= 15 is 0 Å². The summed E-state index contributed by atoms with van der Waals surface area (Å²) in [5, 5.41) is 8.99. The molecule has 1 aromatic carbocycles. The Labute approximate surface area is 138 Å². The molecule has 4 nitrogen and oxygen atoms in total. The van der Waals surface area contributed by atoms with Crippen LogP contribution in [0, 0.1) is 6.92 Å². The van der Waals surface area contributed by atoms with Gasteiger partial charge in [0.05, 0.1) is 12.1 Å². The largest absolute Gasteiger partial charge is 0.478 e. The number of aryl methyl sites for hydroxylation is 1. The Balaban J connectivity index is 2.22. The van der Waals surface area contributed by atoms with Crippen molar-refractivity contribution in [2.24, 2.45) is 0 Å². The number of carboxylic acids is 1. The van der Waals surface area contributed by atoms with Gasteiger partial charge in [0.15, 0.2) is 0 Å². The van der Waals surface area contributed by atoms with Crippen LogP contribution >= 0.6 is 0 Å². The highest BCUT2D eigenvalue weighted by molar-refractivity contribution is 5.87. The number of aromatic nitrogens is 2. The number of carbonyl (C=O) groups is 1. The molecule has 1 aromatic heterocycles. The normalized spacial score (nSPS) is 10.9. The highest BCUT2D eigenvalue weighted by Gasteiger charge is 2.19. The minimum absolute atomic E-state index is 0.337. The van der Waals surface area contributed by atoms with E-state index in [4.69, 9.17) is 5.11 Å². The lowest BCUT2D eigenvalue weighted by atomic mass is 10.1. The first-order valence-corrected chi connectivity index (χ1v) is 8.47. The average molecular weight is 315 g/mol. The molecule has 0 bridgehead atoms. The van der Waals surface area contributed by atoms with Crippen molar-refractivity contribution in [3.8, 4) is 0 Å². The molecule has 0 saturated heterocycles. The van der Waals surface area contributed by atoms with Gasteiger partial charge in [0.2, 0.25) is 0 Å². The molecule has 0 aliphatic heterocycles. The van der Waals surface area contributed by atoms with E-state index in [9.17, 15) is 4.79 Å². The Morgan fingerprint density at radius 2 is 1.87 bits per heavy atom. The van der Waals surface area contributed by atoms with Crippen LogP contribution in [0.15, 0.2) is 30.5 Å². The van der Waals surface area contributed by atoms with Gasteiger partial charge in [-0.15, -0.1) is 0 Å². The lowest BCUT2D eigenvalue weighted by Crippen LogP contribution is -2.37. The van der Waals surface area contributed by atoms with Crippen LogP contribution < -0.4 is 4.57 Å². The van der Waals surface area contributed by atoms with Gasteiger partial charge in [-0.05, 0) is 31.0 Å². The van der Waals surface area contributed by atoms with Gasteiger partial charge in [0.1, 0.15) is 18.4 Å². The molecule has 0 atom stereocenters. The van der Waals surface area contributed by atoms with Crippen LogP contribution in [0.4, 0.5) is 0 Å². The molecule has 0 aliphatic carbocycles. The van der Waals surface area contributed by atoms with E-state index in [1.807, 2.05) is 12.1 Å². The third kappa shape index (κ3) is 4.21. The zero-order valence-corrected chi connectivity index (χ0v) is 14.4. The number of benzene rings is 1. The first kappa shape index (κ1) is 17.3. The fourth-order valence-corrected chi connectivity index (χ4v) is 3.06. The monoisotopic (exact) mass is 315 g/mol. The van der Waals surface area contributed by atoms with Gasteiger partial charge in [-0.2, -0.15) is 0 Å². The minimum Gasteiger partial charge on any atom is -0.478 e. The molecule has 124 valence electrons. The number of carboxylic acid groups (broad SMARTS) is 1. The minimum atomic E-state index is -0.877. The highest BCUT2D eigenvalue weighted by Crippen LogP contribution is 2.10. The van der Waals surface area contributed by atoms with E-state index in [0.717, 1.165) is 25.1 Å². The van der Waals surface area contributed by atoms with Gasteiger partial charge in [0, 0.05) is 13.3 Å². The van der Waals surface area contributed by atoms with Crippen LogP contribution in [0.2, 0.25) is 0 Å². The number of aromatic carboxylic acids is 1. The summed E-state index contributed by atoms with van der Waals surface area (Å²) in [5.74, 6) is 0.484. The predicted octanol–water partition coefficient (Wildman–Crippen LogP) is 3.58. The van der Waals surface area contributed by atoms with Gasteiger partial charge < -0.3 is 5.11 Å². The Morgan fingerprint density at radius 1 is 1.17 bits per heavy atom. The second-order valence-electron chi connectivity index (χ2n) is 6.02. The van der Waals surface area contributed by atoms with Crippen molar-refractivity contribution in [3.05, 3.63) is 53.1 Å². The van der Waals surface area contributed by atoms with Crippen LogP contribution in [0.25, 0.3) is 0 Å². The Kier molecular flexibility index (Phi) is 5.97. The maximum atomic E-state index is 10.9. The fraction of sp³-hybridized carbons (Fsp3) is 0.474. The van der Waals surface area contributed by atoms with E-state index in [1.54, 1.807) is 12.1 Å². The Morgan fingerprint density at radius 3 is 2.43 bits per heavy atom. The molecule has 0 amide bonds. The van der Waals surface area contributed by atoms with Gasteiger partial charge in [0.25, 0.3) is 5.82 Å². The Hall–Kier alpha value is -2.10. The highest BCUT2D eigenvalue weighted by atomic mass is 16.4. The van der Waals surface area contributed by atoms with Crippen molar-refractivity contribution in [2.45, 2.75) is 59.5 Å². The van der Waals surface area contributed by atoms with E-state index in [2.05, 4.69) is 36.1 Å². The van der Waals surface area contributed by atoms with Crippen molar-refractivity contribution < 1.29 is 14.5 Å². The summed E-state index contributed by atoms with van der Waals surface area (Å²) in [7, 11) is 0. The van der Waals surface area contributed by atoms with E-state index in [-0.39, 0.29) is 0 Å². The van der Waals surface area contributed by atoms with Gasteiger partial charge in [-0.25, -0.2) is 13.9 Å². The SMILES string of the molecule is CCCCCc1n(CC)c(C)c[n+]1Cc1ccc(C(=O)O)cc1. The fourth-order valence-electron chi connectivity index (χ4n) is 3.06. The molecule has 0 radical (unpaired) electrons. The number of rotatable bonds is 8. The average Bonchev–Trinajstić information content (AvgIpc) is 2.83. The lowest BCUT2D eigenvalue weighted by Gasteiger charge is -2.05. The molecule has 2 aromatic rings. The number of imidazole rings is 1. The summed E-state index contributed by atoms with van der Waals surface area (Å²) in [6.07, 6.45) is 6.97. The van der Waals surface area contributed by atoms with E-state index in [0.29, 0.717) is 5.56 Å². The van der Waals surface area contributed by atoms with Crippen molar-refractivity contribution in [1.29, 1.82) is 0 Å². The lowest BCUT2D eigenvalue weighted by molar-refractivity contribution is -0.695. The van der Waals surface area contributed by atoms with Crippen molar-refractivity contribution in [2.75, 3.05) is 0 Å². The summed E-state index contributed by atoms with van der Waals surface area (Å²) in [6.45, 7) is 8.33. The first-order chi connectivity index (χ1) is 11.1. The summed E-state index contributed by atoms with van der Waals surface area (Å²) in [5.41, 5.74) is 2.75. The summed E-state index contributed by atoms with van der Waals surface area (Å²) in [4.78, 5) is 10.9. The van der Waals surface area contributed by atoms with Crippen LogP contribution in [0.1, 0.15) is 60.5 Å². The van der Waals surface area contributed by atoms with Crippen LogP contribution in [0.3, 0.4) is 0 Å². The molecule has 0 saturated carbocycles. The maximum absolute atomic E-state index is 10.9. The third-order valence-electron chi connectivity index (χ3n) is 4.29. The van der Waals surface area contributed by atoms with E-state index < -0.39 is 5.97 Å². The molecule has 0 aliphatic rings. The number of nitrogens with zero attached hydrogens (tertiary/aromatic N) is 2. The van der Waals surface area contributed by atoms with Gasteiger partial charge in [-0.3, -0.25) is 0 Å². The van der Waals surface area contributed by atoms with Crippen LogP contribution in [-0.4, -0.2) is 15.6 Å². The second-order valence-corrected chi connectivity index (χ2v) is 6.02. The van der Waals surface area contributed by atoms with Crippen molar-refractivity contribution in [3.63, 3.8) is 0 Å². The molecule has 0 spiro atoms. The molecule has 2 rings (SSSR count). The standard InChI is InChI=1S/C19H26N2O2/c1-4-6-7-8-18-20(13-15(3)21(18)5-2)14-16-9-11-17(12-10-16)19(22)23/h9-13H,4-8,14H2,1-3H3/p+1. The second kappa shape index (κ2) is 7.95. The van der Waals surface area contributed by atoms with Crippen LogP contribution in [-0.2, 0) is 19.5 Å². The summed E-state index contributed by atoms with van der Waals surface area (Å²) >= 11 is 0. The molecular formula is C19H27N2O2+. The third-order valence-corrected chi connectivity index (χ3v) is 4.29. The summed E-state index contributed by atoms with van der Waals surface area (Å²) in [6, 6.07) is 7.17. The van der Waals surface area contributed by atoms with E-state index in [1.165, 1.54) is 30.8 Å². The van der Waals surface area contributed by atoms with Crippen molar-refractivity contribution >= 4 is 5.97 Å². The molecule has 23 heavy (non-hydrogen) atoms. The smallest absolute Gasteiger partial charge is 0.335 e. The molecule has 0 fully saturated rings. The number of unbranched alkanes of at least 4 members (excludes halogenated alkanes) is 2. The summed E-state index contributed by atoms with van der Waals surface area (Å²) < 4.78 is 4.69. The van der Waals surface area contributed by atoms with Gasteiger partial charge in [-0.1, -0.05) is 31.9 Å². The quantitative estimate of drug-likeness (QED) is 0.598. The number of hydrogen-bond acceptors (Lipinski definition) is 1. The predicted molar refractivity (Wildman–Crippen MR) is 90.8 cm³/mol. The number of hydrogen-bond donors (Lipinski definition) is 1. The first-order valence-electron chi connectivity index (χ1n) is 8.47. The molecule has 4 heteroatoms. The molecular weight excluding hydrogens is 288 g/mol. The maximum Gasteiger partial charge on any atom is 0.335 e. The zero-order valence-electron chi connectivity index (χ0n) is 14.4. The van der Waals surface area contributed by atoms with Gasteiger partial charge >= 0.3 is 5.97 Å². The molecule has 0 unspecified atom stereocenters. The molecule has 1 N–H and O–H groups in total.